The molecule has 0 aliphatic carbocycles. The molecule has 1 aromatic heterocycles. The van der Waals surface area contributed by atoms with Crippen LogP contribution in [-0.2, 0) is 11.0 Å². The lowest BCUT2D eigenvalue weighted by Crippen LogP contribution is -2.43. The fourth-order valence-electron chi connectivity index (χ4n) is 3.75. The van der Waals surface area contributed by atoms with E-state index in [1.807, 2.05) is 13.8 Å². The van der Waals surface area contributed by atoms with Gasteiger partial charge in [-0.3, -0.25) is 4.79 Å². The summed E-state index contributed by atoms with van der Waals surface area (Å²) in [7, 11) is 0. The van der Waals surface area contributed by atoms with Crippen LogP contribution in [0, 0.1) is 5.92 Å². The molecule has 4 N–H and O–H groups in total. The summed E-state index contributed by atoms with van der Waals surface area (Å²) >= 11 is 1.23. The maximum Gasteiger partial charge on any atom is 0.419 e. The second kappa shape index (κ2) is 9.64. The van der Waals surface area contributed by atoms with Crippen molar-refractivity contribution in [2.24, 2.45) is 17.4 Å². The minimum atomic E-state index is -4.62. The standard InChI is InChI=1S/C23H27F3N4O2S/c1-14(2)12-22(3,28)13-32-18-5-4-15(10-17(18)23(24,25)26)16-6-7-29-19(11-16)30-8-9-33-21(30)20(27)31/h4-11,14,21H,12-13,28H2,1-3H3,(H2,27,31)/t21-,22?/m0/s1. The number of pyridine rings is 1. The minimum Gasteiger partial charge on any atom is -0.491 e. The average Bonchev–Trinajstić information content (AvgIpc) is 3.21. The van der Waals surface area contributed by atoms with E-state index in [9.17, 15) is 18.0 Å². The first kappa shape index (κ1) is 24.9. The van der Waals surface area contributed by atoms with Gasteiger partial charge in [0.2, 0.25) is 0 Å². The van der Waals surface area contributed by atoms with E-state index >= 15 is 0 Å². The smallest absolute Gasteiger partial charge is 0.419 e. The van der Waals surface area contributed by atoms with Crippen LogP contribution in [0.2, 0.25) is 0 Å². The summed E-state index contributed by atoms with van der Waals surface area (Å²) in [6, 6.07) is 7.12. The topological polar surface area (TPSA) is 94.5 Å². The van der Waals surface area contributed by atoms with Gasteiger partial charge in [0.25, 0.3) is 5.91 Å². The fourth-order valence-corrected chi connectivity index (χ4v) is 4.54. The van der Waals surface area contributed by atoms with Crippen LogP contribution in [0.4, 0.5) is 19.0 Å². The second-order valence-electron chi connectivity index (χ2n) is 8.74. The molecule has 1 aromatic carbocycles. The number of anilines is 1. The van der Waals surface area contributed by atoms with Gasteiger partial charge >= 0.3 is 6.18 Å². The predicted molar refractivity (Wildman–Crippen MR) is 124 cm³/mol. The lowest BCUT2D eigenvalue weighted by molar-refractivity contribution is -0.139. The van der Waals surface area contributed by atoms with E-state index < -0.39 is 28.6 Å². The van der Waals surface area contributed by atoms with Crippen molar-refractivity contribution >= 4 is 23.5 Å². The van der Waals surface area contributed by atoms with Crippen molar-refractivity contribution in [1.29, 1.82) is 0 Å². The highest BCUT2D eigenvalue weighted by atomic mass is 32.2. The van der Waals surface area contributed by atoms with Crippen molar-refractivity contribution in [3.63, 3.8) is 0 Å². The monoisotopic (exact) mass is 480 g/mol. The predicted octanol–water partition coefficient (Wildman–Crippen LogP) is 4.75. The molecule has 1 aliphatic heterocycles. The number of nitrogens with zero attached hydrogens (tertiary/aromatic N) is 2. The van der Waals surface area contributed by atoms with Gasteiger partial charge in [-0.25, -0.2) is 4.98 Å². The van der Waals surface area contributed by atoms with Crippen LogP contribution in [0.25, 0.3) is 11.1 Å². The Morgan fingerprint density at radius 2 is 1.94 bits per heavy atom. The van der Waals surface area contributed by atoms with Crippen molar-refractivity contribution in [1.82, 2.24) is 4.98 Å². The number of rotatable bonds is 8. The lowest BCUT2D eigenvalue weighted by atomic mass is 9.93. The molecule has 2 aromatic rings. The molecule has 1 aliphatic rings. The third-order valence-electron chi connectivity index (χ3n) is 4.99. The van der Waals surface area contributed by atoms with Crippen LogP contribution >= 0.6 is 11.8 Å². The molecule has 0 radical (unpaired) electrons. The summed E-state index contributed by atoms with van der Waals surface area (Å²) in [5, 5.41) is 1.05. The molecule has 1 amide bonds. The number of carbonyl (C=O) groups excluding carboxylic acids is 1. The Kier molecular flexibility index (Phi) is 7.28. The number of halogens is 3. The highest BCUT2D eigenvalue weighted by Crippen LogP contribution is 2.40. The zero-order valence-electron chi connectivity index (χ0n) is 18.6. The van der Waals surface area contributed by atoms with Gasteiger partial charge in [-0.15, -0.1) is 0 Å². The molecular weight excluding hydrogens is 453 g/mol. The minimum absolute atomic E-state index is 0.0412. The van der Waals surface area contributed by atoms with Crippen molar-refractivity contribution < 1.29 is 22.7 Å². The molecule has 0 spiro atoms. The third-order valence-corrected chi connectivity index (χ3v) is 5.98. The van der Waals surface area contributed by atoms with Gasteiger partial charge in [0.05, 0.1) is 5.56 Å². The van der Waals surface area contributed by atoms with Gasteiger partial charge in [0, 0.05) is 17.9 Å². The molecule has 0 saturated heterocycles. The van der Waals surface area contributed by atoms with Crippen molar-refractivity contribution in [2.75, 3.05) is 11.5 Å². The number of amides is 1. The summed E-state index contributed by atoms with van der Waals surface area (Å²) in [6.45, 7) is 5.70. The summed E-state index contributed by atoms with van der Waals surface area (Å²) in [6.07, 6.45) is -0.869. The Morgan fingerprint density at radius 3 is 2.58 bits per heavy atom. The zero-order valence-corrected chi connectivity index (χ0v) is 19.4. The fraction of sp³-hybridized carbons (Fsp3) is 0.391. The first-order chi connectivity index (χ1) is 15.4. The molecular formula is C23H27F3N4O2S. The molecule has 3 rings (SSSR count). The molecule has 1 unspecified atom stereocenters. The van der Waals surface area contributed by atoms with Gasteiger partial charge in [-0.1, -0.05) is 31.7 Å². The molecule has 0 saturated carbocycles. The van der Waals surface area contributed by atoms with E-state index in [-0.39, 0.29) is 18.3 Å². The van der Waals surface area contributed by atoms with Crippen LogP contribution in [0.3, 0.4) is 0 Å². The van der Waals surface area contributed by atoms with Crippen LogP contribution in [0.5, 0.6) is 5.75 Å². The van der Waals surface area contributed by atoms with Crippen molar-refractivity contribution in [2.45, 2.75) is 44.3 Å². The molecule has 178 valence electrons. The Labute approximate surface area is 195 Å². The van der Waals surface area contributed by atoms with Crippen LogP contribution in [0.1, 0.15) is 32.8 Å². The number of aromatic nitrogens is 1. The molecule has 33 heavy (non-hydrogen) atoms. The highest BCUT2D eigenvalue weighted by molar-refractivity contribution is 8.03. The Balaban J connectivity index is 1.91. The van der Waals surface area contributed by atoms with Gasteiger partial charge in [0.15, 0.2) is 5.37 Å². The molecule has 0 bridgehead atoms. The summed E-state index contributed by atoms with van der Waals surface area (Å²) in [5.41, 5.74) is 10.8. The summed E-state index contributed by atoms with van der Waals surface area (Å²) < 4.78 is 47.1. The van der Waals surface area contributed by atoms with Gasteiger partial charge < -0.3 is 21.1 Å². The lowest BCUT2D eigenvalue weighted by Gasteiger charge is -2.27. The quantitative estimate of drug-likeness (QED) is 0.567. The van der Waals surface area contributed by atoms with Gasteiger partial charge in [0.1, 0.15) is 18.2 Å². The van der Waals surface area contributed by atoms with Crippen LogP contribution in [0.15, 0.2) is 48.1 Å². The van der Waals surface area contributed by atoms with Crippen molar-refractivity contribution in [3.8, 4) is 16.9 Å². The van der Waals surface area contributed by atoms with E-state index in [4.69, 9.17) is 16.2 Å². The van der Waals surface area contributed by atoms with E-state index in [0.29, 0.717) is 23.4 Å². The second-order valence-corrected chi connectivity index (χ2v) is 9.73. The van der Waals surface area contributed by atoms with Crippen LogP contribution in [-0.4, -0.2) is 28.4 Å². The molecule has 0 fully saturated rings. The molecule has 6 nitrogen and oxygen atoms in total. The van der Waals surface area contributed by atoms with Crippen molar-refractivity contribution in [3.05, 3.63) is 53.7 Å². The molecule has 2 atom stereocenters. The SMILES string of the molecule is CC(C)CC(C)(N)COc1ccc(-c2ccnc(N3C=CS[C@H]3C(N)=O)c2)cc1C(F)(F)F. The number of benzene rings is 1. The first-order valence-electron chi connectivity index (χ1n) is 10.4. The third kappa shape index (κ3) is 6.20. The maximum absolute atomic E-state index is 13.8. The number of nitrogens with two attached hydrogens (primary N) is 2. The Bertz CT molecular complexity index is 1040. The zero-order chi connectivity index (χ0) is 24.4. The summed E-state index contributed by atoms with van der Waals surface area (Å²) in [4.78, 5) is 17.5. The number of thioether (sulfide) groups is 1. The maximum atomic E-state index is 13.8. The largest absolute Gasteiger partial charge is 0.491 e. The summed E-state index contributed by atoms with van der Waals surface area (Å²) in [5.74, 6) is -0.123. The first-order valence-corrected chi connectivity index (χ1v) is 11.3. The number of hydrogen-bond donors (Lipinski definition) is 2. The van der Waals surface area contributed by atoms with E-state index in [2.05, 4.69) is 4.98 Å². The highest BCUT2D eigenvalue weighted by Gasteiger charge is 2.35. The average molecular weight is 481 g/mol. The molecule has 10 heteroatoms. The number of ether oxygens (including phenoxy) is 1. The van der Waals surface area contributed by atoms with E-state index in [0.717, 1.165) is 6.07 Å². The number of primary amides is 1. The number of carbonyl (C=O) groups is 1. The number of hydrogen-bond acceptors (Lipinski definition) is 6. The van der Waals surface area contributed by atoms with E-state index in [1.54, 1.807) is 41.6 Å². The van der Waals surface area contributed by atoms with Gasteiger partial charge in [-0.05, 0) is 60.1 Å². The van der Waals surface area contributed by atoms with E-state index in [1.165, 1.54) is 24.0 Å². The van der Waals surface area contributed by atoms with Crippen LogP contribution < -0.4 is 21.1 Å². The Morgan fingerprint density at radius 1 is 1.24 bits per heavy atom. The number of alkyl halides is 3. The Hall–Kier alpha value is -2.72. The van der Waals surface area contributed by atoms with Gasteiger partial charge in [-0.2, -0.15) is 13.2 Å². The molecule has 2 heterocycles. The normalized spacial score (nSPS) is 17.9.